The van der Waals surface area contributed by atoms with Crippen LogP contribution in [0.1, 0.15) is 0 Å². The van der Waals surface area contributed by atoms with Gasteiger partial charge in [0.1, 0.15) is 0 Å². The van der Waals surface area contributed by atoms with Gasteiger partial charge in [0.15, 0.2) is 0 Å². The monoisotopic (exact) mass is 262 g/mol. The number of aliphatic hydroxyl groups excluding tert-OH is 1. The minimum Gasteiger partial charge on any atom is -0.381 e. The standard InChI is InChI=1S/C11H30N6O/c12-1-2-13-3-4-14-5-6-15-7-8-16-9-10-17-11-18/h13-18H,1-12H2. The molecule has 0 heterocycles. The van der Waals surface area contributed by atoms with Crippen LogP contribution in [0.5, 0.6) is 0 Å². The molecule has 0 amide bonds. The van der Waals surface area contributed by atoms with Gasteiger partial charge in [-0.2, -0.15) is 0 Å². The number of nitrogens with two attached hydrogens (primary N) is 1. The summed E-state index contributed by atoms with van der Waals surface area (Å²) in [5.74, 6) is 0. The number of rotatable bonds is 15. The van der Waals surface area contributed by atoms with Gasteiger partial charge in [0.2, 0.25) is 0 Å². The molecule has 0 bridgehead atoms. The van der Waals surface area contributed by atoms with E-state index in [0.29, 0.717) is 6.54 Å². The zero-order chi connectivity index (χ0) is 13.3. The fourth-order valence-corrected chi connectivity index (χ4v) is 1.39. The predicted molar refractivity (Wildman–Crippen MR) is 75.6 cm³/mol. The average Bonchev–Trinajstić information content (AvgIpc) is 2.39. The van der Waals surface area contributed by atoms with E-state index in [9.17, 15) is 0 Å². The van der Waals surface area contributed by atoms with E-state index in [-0.39, 0.29) is 6.73 Å². The fraction of sp³-hybridized carbons (Fsp3) is 1.00. The second kappa shape index (κ2) is 16.7. The zero-order valence-electron chi connectivity index (χ0n) is 11.3. The third-order valence-corrected chi connectivity index (χ3v) is 2.35. The molecular weight excluding hydrogens is 232 g/mol. The maximum absolute atomic E-state index is 8.49. The molecule has 7 nitrogen and oxygen atoms in total. The highest BCUT2D eigenvalue weighted by Gasteiger charge is 1.89. The van der Waals surface area contributed by atoms with E-state index in [4.69, 9.17) is 10.8 Å². The van der Waals surface area contributed by atoms with Crippen LogP contribution in [0.2, 0.25) is 0 Å². The molecule has 0 aliphatic carbocycles. The van der Waals surface area contributed by atoms with Crippen LogP contribution in [-0.2, 0) is 0 Å². The van der Waals surface area contributed by atoms with E-state index < -0.39 is 0 Å². The van der Waals surface area contributed by atoms with Gasteiger partial charge in [-0.05, 0) is 0 Å². The lowest BCUT2D eigenvalue weighted by Gasteiger charge is -2.08. The average molecular weight is 262 g/mol. The fourth-order valence-electron chi connectivity index (χ4n) is 1.39. The molecule has 8 N–H and O–H groups in total. The highest BCUT2D eigenvalue weighted by atomic mass is 16.3. The molecule has 0 aromatic carbocycles. The normalized spacial score (nSPS) is 11.0. The van der Waals surface area contributed by atoms with Gasteiger partial charge in [-0.1, -0.05) is 0 Å². The van der Waals surface area contributed by atoms with Crippen molar-refractivity contribution in [2.24, 2.45) is 5.73 Å². The zero-order valence-corrected chi connectivity index (χ0v) is 11.3. The Kier molecular flexibility index (Phi) is 16.5. The third kappa shape index (κ3) is 15.7. The number of hydrogen-bond acceptors (Lipinski definition) is 7. The lowest BCUT2D eigenvalue weighted by Crippen LogP contribution is -2.37. The second-order valence-electron chi connectivity index (χ2n) is 3.95. The first-order valence-corrected chi connectivity index (χ1v) is 6.76. The van der Waals surface area contributed by atoms with Crippen molar-refractivity contribution < 1.29 is 5.11 Å². The van der Waals surface area contributed by atoms with Crippen molar-refractivity contribution in [3.8, 4) is 0 Å². The third-order valence-electron chi connectivity index (χ3n) is 2.35. The summed E-state index contributed by atoms with van der Waals surface area (Å²) >= 11 is 0. The van der Waals surface area contributed by atoms with E-state index in [1.54, 1.807) is 0 Å². The van der Waals surface area contributed by atoms with Crippen LogP contribution < -0.4 is 32.3 Å². The highest BCUT2D eigenvalue weighted by Crippen LogP contribution is 1.63. The molecule has 0 spiro atoms. The molecule has 0 aliphatic heterocycles. The summed E-state index contributed by atoms with van der Waals surface area (Å²) in [5.41, 5.74) is 5.36. The van der Waals surface area contributed by atoms with E-state index in [1.807, 2.05) is 0 Å². The van der Waals surface area contributed by atoms with Crippen LogP contribution >= 0.6 is 0 Å². The van der Waals surface area contributed by atoms with Gasteiger partial charge < -0.3 is 32.1 Å². The Bertz CT molecular complexity index is 133. The van der Waals surface area contributed by atoms with Crippen molar-refractivity contribution in [2.45, 2.75) is 0 Å². The van der Waals surface area contributed by atoms with Gasteiger partial charge in [-0.25, -0.2) is 0 Å². The van der Waals surface area contributed by atoms with Gasteiger partial charge in [0.05, 0.1) is 6.73 Å². The minimum absolute atomic E-state index is 0.0474. The van der Waals surface area contributed by atoms with Gasteiger partial charge in [0, 0.05) is 65.4 Å². The Morgan fingerprint density at radius 3 is 1.22 bits per heavy atom. The molecule has 18 heavy (non-hydrogen) atoms. The molecular formula is C11H30N6O. The first-order valence-electron chi connectivity index (χ1n) is 6.76. The van der Waals surface area contributed by atoms with Crippen LogP contribution in [0.3, 0.4) is 0 Å². The van der Waals surface area contributed by atoms with Crippen LogP contribution in [0, 0.1) is 0 Å². The molecule has 0 saturated carbocycles. The lowest BCUT2D eigenvalue weighted by molar-refractivity contribution is 0.261. The summed E-state index contributed by atoms with van der Waals surface area (Å²) in [6, 6.07) is 0. The lowest BCUT2D eigenvalue weighted by atomic mass is 10.5. The molecule has 0 saturated heterocycles. The SMILES string of the molecule is NCCNCCNCCNCCNCCNCO. The molecule has 0 unspecified atom stereocenters. The summed E-state index contributed by atoms with van der Waals surface area (Å²) in [4.78, 5) is 0. The number of hydrogen-bond donors (Lipinski definition) is 7. The van der Waals surface area contributed by atoms with Gasteiger partial charge in [-0.3, -0.25) is 5.32 Å². The molecule has 0 aromatic rings. The largest absolute Gasteiger partial charge is 0.381 e. The maximum Gasteiger partial charge on any atom is 0.0931 e. The van der Waals surface area contributed by atoms with Crippen LogP contribution in [-0.4, -0.2) is 77.3 Å². The van der Waals surface area contributed by atoms with Crippen molar-refractivity contribution in [2.75, 3.05) is 72.2 Å². The Labute approximate surface area is 110 Å². The first-order chi connectivity index (χ1) is 8.91. The summed E-state index contributed by atoms with van der Waals surface area (Å²) in [6.45, 7) is 9.14. The van der Waals surface area contributed by atoms with Crippen LogP contribution in [0.4, 0.5) is 0 Å². The molecule has 0 aromatic heterocycles. The number of aliphatic hydroxyl groups is 1. The van der Waals surface area contributed by atoms with Crippen molar-refractivity contribution in [3.63, 3.8) is 0 Å². The van der Waals surface area contributed by atoms with E-state index in [1.165, 1.54) is 0 Å². The Hall–Kier alpha value is -0.280. The maximum atomic E-state index is 8.49. The minimum atomic E-state index is 0.0474. The van der Waals surface area contributed by atoms with E-state index in [0.717, 1.165) is 58.9 Å². The molecule has 0 atom stereocenters. The molecule has 0 aliphatic rings. The summed E-state index contributed by atoms with van der Waals surface area (Å²) in [5, 5.41) is 24.5. The quantitative estimate of drug-likeness (QED) is 0.123. The van der Waals surface area contributed by atoms with Crippen LogP contribution in [0.25, 0.3) is 0 Å². The molecule has 0 fully saturated rings. The summed E-state index contributed by atoms with van der Waals surface area (Å²) < 4.78 is 0. The van der Waals surface area contributed by atoms with Crippen molar-refractivity contribution in [1.29, 1.82) is 0 Å². The van der Waals surface area contributed by atoms with Gasteiger partial charge in [0.25, 0.3) is 0 Å². The summed E-state index contributed by atoms with van der Waals surface area (Å²) in [7, 11) is 0. The van der Waals surface area contributed by atoms with Crippen LogP contribution in [0.15, 0.2) is 0 Å². The molecule has 0 radical (unpaired) electrons. The smallest absolute Gasteiger partial charge is 0.0931 e. The molecule has 110 valence electrons. The topological polar surface area (TPSA) is 106 Å². The molecule has 0 rings (SSSR count). The van der Waals surface area contributed by atoms with Gasteiger partial charge in [-0.15, -0.1) is 0 Å². The Morgan fingerprint density at radius 2 is 0.889 bits per heavy atom. The van der Waals surface area contributed by atoms with E-state index >= 15 is 0 Å². The van der Waals surface area contributed by atoms with Crippen molar-refractivity contribution in [1.82, 2.24) is 26.6 Å². The van der Waals surface area contributed by atoms with Gasteiger partial charge >= 0.3 is 0 Å². The Balaban J connectivity index is 2.86. The first kappa shape index (κ1) is 17.7. The second-order valence-corrected chi connectivity index (χ2v) is 3.95. The van der Waals surface area contributed by atoms with Crippen molar-refractivity contribution in [3.05, 3.63) is 0 Å². The Morgan fingerprint density at radius 1 is 0.556 bits per heavy atom. The predicted octanol–water partition coefficient (Wildman–Crippen LogP) is -3.16. The van der Waals surface area contributed by atoms with Crippen molar-refractivity contribution >= 4 is 0 Å². The number of nitrogens with one attached hydrogen (secondary N) is 5. The van der Waals surface area contributed by atoms with E-state index in [2.05, 4.69) is 26.6 Å². The summed E-state index contributed by atoms with van der Waals surface area (Å²) in [6.07, 6.45) is 0. The highest BCUT2D eigenvalue weighted by molar-refractivity contribution is 4.57. The molecule has 7 heteroatoms.